The number of ether oxygens (including phenoxy) is 2. The molecule has 0 saturated heterocycles. The Kier molecular flexibility index (Phi) is 13.0. The molecule has 8 heteroatoms. The van der Waals surface area contributed by atoms with Crippen LogP contribution in [0.1, 0.15) is 89.7 Å². The van der Waals surface area contributed by atoms with Crippen molar-refractivity contribution in [3.05, 3.63) is 430 Å². The standard InChI is InChI=1S/C100H60N6O2/c1-3-25-59(26-4-1)93-101-95(105-97(103-93)75-37-11-7-29-65(75)61-49-53-89-85(57-61)99(83-43-21-23-45-87(83)107-89)79-39-17-13-31-67(79)68-32-14-18-40-80(68)99)63-47-51-73-77(55-63)91-71-35-9-10-36-72(71)92(73)78-56-64(48-52-74(78)91)96-102-94(60-27-5-2-6-28-60)104-98(106-96)76-38-12-8-30-66(76)62-50-54-90-86(58-62)100(84-44-22-24-46-88(84)108-90)81-41-19-15-33-69(81)70-34-16-20-42-82(70)100/h1-58,91-92H. The lowest BCUT2D eigenvalue weighted by Gasteiger charge is -2.42. The Morgan fingerprint density at radius 1 is 0.176 bits per heavy atom. The van der Waals surface area contributed by atoms with E-state index >= 15 is 0 Å². The summed E-state index contributed by atoms with van der Waals surface area (Å²) in [7, 11) is 0. The molecule has 2 aliphatic heterocycles. The molecule has 2 bridgehead atoms. The highest BCUT2D eigenvalue weighted by Gasteiger charge is 2.53. The molecular weight excluding hydrogens is 1320 g/mol. The lowest BCUT2D eigenvalue weighted by Crippen LogP contribution is -2.32. The smallest absolute Gasteiger partial charge is 0.164 e. The predicted molar refractivity (Wildman–Crippen MR) is 426 cm³/mol. The maximum atomic E-state index is 6.90. The third-order valence-electron chi connectivity index (χ3n) is 23.5. The molecule has 24 rings (SSSR count). The average Bonchev–Trinajstić information content (AvgIpc) is 1.06. The summed E-state index contributed by atoms with van der Waals surface area (Å²) in [4.78, 5) is 32.7. The zero-order chi connectivity index (χ0) is 70.8. The van der Waals surface area contributed by atoms with E-state index in [1.54, 1.807) is 0 Å². The second-order valence-electron chi connectivity index (χ2n) is 28.9. The van der Waals surface area contributed by atoms with Gasteiger partial charge in [0.1, 0.15) is 23.0 Å². The lowest BCUT2D eigenvalue weighted by molar-refractivity contribution is 0.436. The minimum Gasteiger partial charge on any atom is -0.457 e. The van der Waals surface area contributed by atoms with Crippen LogP contribution in [0.15, 0.2) is 352 Å². The number of rotatable bonds is 8. The number of hydrogen-bond donors (Lipinski definition) is 0. The third-order valence-corrected chi connectivity index (χ3v) is 23.5. The molecule has 7 aliphatic rings. The first kappa shape index (κ1) is 60.3. The first-order valence-electron chi connectivity index (χ1n) is 37.0. The zero-order valence-electron chi connectivity index (χ0n) is 58.1. The van der Waals surface area contributed by atoms with E-state index in [1.165, 1.54) is 77.9 Å². The molecule has 502 valence electrons. The summed E-state index contributed by atoms with van der Waals surface area (Å²) in [6.07, 6.45) is 0. The molecule has 2 unspecified atom stereocenters. The molecule has 0 fully saturated rings. The summed E-state index contributed by atoms with van der Waals surface area (Å²) < 4.78 is 13.8. The number of aromatic nitrogens is 6. The molecule has 2 aromatic heterocycles. The first-order valence-corrected chi connectivity index (χ1v) is 37.0. The van der Waals surface area contributed by atoms with Crippen LogP contribution >= 0.6 is 0 Å². The van der Waals surface area contributed by atoms with Gasteiger partial charge in [-0.1, -0.05) is 303 Å². The molecular formula is C100H60N6O2. The van der Waals surface area contributed by atoms with Crippen molar-refractivity contribution < 1.29 is 9.47 Å². The summed E-state index contributed by atoms with van der Waals surface area (Å²) in [6, 6.07) is 126. The fraction of sp³-hybridized carbons (Fsp3) is 0.0400. The maximum absolute atomic E-state index is 6.90. The van der Waals surface area contributed by atoms with E-state index in [2.05, 4.69) is 315 Å². The van der Waals surface area contributed by atoms with Gasteiger partial charge in [-0.2, -0.15) is 0 Å². The molecule has 0 saturated carbocycles. The maximum Gasteiger partial charge on any atom is 0.164 e. The Morgan fingerprint density at radius 2 is 0.454 bits per heavy atom. The highest BCUT2D eigenvalue weighted by Crippen LogP contribution is 2.65. The Hall–Kier alpha value is -14.1. The minimum absolute atomic E-state index is 0.0793. The summed E-state index contributed by atoms with van der Waals surface area (Å²) in [5.74, 6) is 6.76. The van der Waals surface area contributed by atoms with Crippen LogP contribution < -0.4 is 9.47 Å². The summed E-state index contributed by atoms with van der Waals surface area (Å²) in [6.45, 7) is 0. The second kappa shape index (κ2) is 23.2. The average molecular weight is 1380 g/mol. The highest BCUT2D eigenvalue weighted by molar-refractivity contribution is 5.93. The Bertz CT molecular complexity index is 6190. The number of nitrogens with zero attached hydrogens (tertiary/aromatic N) is 6. The minimum atomic E-state index is -0.628. The highest BCUT2D eigenvalue weighted by atomic mass is 16.5. The van der Waals surface area contributed by atoms with Gasteiger partial charge in [0.25, 0.3) is 0 Å². The normalized spacial score (nSPS) is 15.1. The van der Waals surface area contributed by atoms with Crippen molar-refractivity contribution in [1.29, 1.82) is 0 Å². The monoisotopic (exact) mass is 1380 g/mol. The van der Waals surface area contributed by atoms with Crippen molar-refractivity contribution in [2.45, 2.75) is 22.7 Å². The Morgan fingerprint density at radius 3 is 0.843 bits per heavy atom. The largest absolute Gasteiger partial charge is 0.457 e. The Labute approximate surface area is 623 Å². The van der Waals surface area contributed by atoms with Gasteiger partial charge in [-0.25, -0.2) is 29.9 Å². The molecule has 0 N–H and O–H groups in total. The number of benzene rings is 15. The Balaban J connectivity index is 0.635. The van der Waals surface area contributed by atoms with Gasteiger partial charge >= 0.3 is 0 Å². The van der Waals surface area contributed by atoms with Gasteiger partial charge in [0.15, 0.2) is 34.9 Å². The van der Waals surface area contributed by atoms with Crippen molar-refractivity contribution in [3.63, 3.8) is 0 Å². The van der Waals surface area contributed by atoms with Gasteiger partial charge in [0, 0.05) is 67.5 Å². The molecule has 8 nitrogen and oxygen atoms in total. The molecule has 15 aromatic carbocycles. The van der Waals surface area contributed by atoms with Crippen molar-refractivity contribution in [2.75, 3.05) is 0 Å². The van der Waals surface area contributed by atoms with Crippen molar-refractivity contribution in [2.24, 2.45) is 0 Å². The molecule has 4 heterocycles. The first-order chi connectivity index (χ1) is 53.5. The van der Waals surface area contributed by atoms with Crippen molar-refractivity contribution in [1.82, 2.24) is 29.9 Å². The van der Waals surface area contributed by atoms with Crippen LogP contribution in [0, 0.1) is 0 Å². The molecule has 108 heavy (non-hydrogen) atoms. The van der Waals surface area contributed by atoms with Crippen LogP contribution in [0.3, 0.4) is 0 Å². The molecule has 0 amide bonds. The van der Waals surface area contributed by atoms with Crippen LogP contribution in [0.4, 0.5) is 0 Å². The van der Waals surface area contributed by atoms with E-state index in [9.17, 15) is 0 Å². The van der Waals surface area contributed by atoms with E-state index in [-0.39, 0.29) is 11.8 Å². The van der Waals surface area contributed by atoms with Gasteiger partial charge in [0.2, 0.25) is 0 Å². The quantitative estimate of drug-likeness (QED) is 0.148. The number of para-hydroxylation sites is 2. The van der Waals surface area contributed by atoms with Crippen LogP contribution in [-0.4, -0.2) is 29.9 Å². The van der Waals surface area contributed by atoms with Crippen LogP contribution in [0.5, 0.6) is 23.0 Å². The summed E-state index contributed by atoms with van der Waals surface area (Å²) in [5.41, 5.74) is 30.1. The van der Waals surface area contributed by atoms with Gasteiger partial charge < -0.3 is 9.47 Å². The molecule has 5 aliphatic carbocycles. The van der Waals surface area contributed by atoms with E-state index in [0.717, 1.165) is 101 Å². The fourth-order valence-corrected chi connectivity index (χ4v) is 19.1. The van der Waals surface area contributed by atoms with Crippen molar-refractivity contribution >= 4 is 0 Å². The summed E-state index contributed by atoms with van der Waals surface area (Å²) >= 11 is 0. The van der Waals surface area contributed by atoms with Gasteiger partial charge in [-0.05, 0) is 149 Å². The van der Waals surface area contributed by atoms with E-state index < -0.39 is 10.8 Å². The molecule has 2 atom stereocenters. The van der Waals surface area contributed by atoms with Gasteiger partial charge in [0.05, 0.1) is 10.8 Å². The molecule has 0 radical (unpaired) electrons. The predicted octanol–water partition coefficient (Wildman–Crippen LogP) is 23.3. The summed E-state index contributed by atoms with van der Waals surface area (Å²) in [5, 5.41) is 0. The van der Waals surface area contributed by atoms with E-state index in [1.807, 2.05) is 36.4 Å². The lowest BCUT2D eigenvalue weighted by atomic mass is 9.61. The number of fused-ring (bicyclic) bond motifs is 18. The van der Waals surface area contributed by atoms with Crippen molar-refractivity contribution in [3.8, 4) is 136 Å². The zero-order valence-corrected chi connectivity index (χ0v) is 58.1. The topological polar surface area (TPSA) is 95.8 Å². The van der Waals surface area contributed by atoms with Crippen LogP contribution in [0.2, 0.25) is 0 Å². The molecule has 17 aromatic rings. The van der Waals surface area contributed by atoms with Crippen LogP contribution in [-0.2, 0) is 10.8 Å². The SMILES string of the molecule is c1ccc(-c2nc(-c3ccc4c(c3)C3c5ccccc5C4c4cc(-c5nc(-c6ccccc6)nc(-c6ccccc6-c6ccc7c(c6)C6(c8ccccc8O7)c7ccccc7-c7ccccc76)n5)ccc43)nc(-c3ccccc3-c3ccc4c(c3)C3(c5ccccc5O4)c4ccccc4-c4ccccc43)n2)cc1. The van der Waals surface area contributed by atoms with E-state index in [0.29, 0.717) is 34.9 Å². The van der Waals surface area contributed by atoms with Gasteiger partial charge in [-0.3, -0.25) is 0 Å². The van der Waals surface area contributed by atoms with Crippen LogP contribution in [0.25, 0.3) is 113 Å². The van der Waals surface area contributed by atoms with E-state index in [4.69, 9.17) is 39.4 Å². The van der Waals surface area contributed by atoms with Gasteiger partial charge in [-0.15, -0.1) is 0 Å². The molecule has 2 spiro atoms. The number of hydrogen-bond acceptors (Lipinski definition) is 8. The second-order valence-corrected chi connectivity index (χ2v) is 28.9. The third kappa shape index (κ3) is 8.62. The fourth-order valence-electron chi connectivity index (χ4n) is 19.1.